The minimum atomic E-state index is -0.333. The number of hydrogen-bond donors (Lipinski definition) is 6. The van der Waals surface area contributed by atoms with Crippen LogP contribution in [-0.2, 0) is 0 Å². The van der Waals surface area contributed by atoms with E-state index < -0.39 is 0 Å². The third-order valence-electron chi connectivity index (χ3n) is 2.84. The molecule has 0 aliphatic carbocycles. The highest BCUT2D eigenvalue weighted by molar-refractivity contribution is 5.85. The predicted molar refractivity (Wildman–Crippen MR) is 125 cm³/mol. The van der Waals surface area contributed by atoms with Gasteiger partial charge in [-0.15, -0.1) is 17.4 Å². The van der Waals surface area contributed by atoms with E-state index in [0.29, 0.717) is 22.6 Å². The van der Waals surface area contributed by atoms with Gasteiger partial charge in [0, 0.05) is 0 Å². The van der Waals surface area contributed by atoms with Crippen LogP contribution in [0.15, 0.2) is 12.4 Å². The lowest BCUT2D eigenvalue weighted by Crippen LogP contribution is -2.20. The summed E-state index contributed by atoms with van der Waals surface area (Å²) in [5.41, 5.74) is 27.2. The van der Waals surface area contributed by atoms with Crippen LogP contribution in [0.25, 0.3) is 16.0 Å². The van der Waals surface area contributed by atoms with Crippen LogP contribution >= 0.6 is 12.4 Å². The lowest BCUT2D eigenvalue weighted by molar-refractivity contribution is 1.15. The molecule has 0 aliphatic heterocycles. The topological polar surface area (TPSA) is 236 Å². The van der Waals surface area contributed by atoms with Crippen LogP contribution in [0.4, 0.5) is 23.4 Å². The molecule has 13 nitrogen and oxygen atoms in total. The van der Waals surface area contributed by atoms with Crippen molar-refractivity contribution in [1.82, 2.24) is 29.9 Å². The Labute approximate surface area is 190 Å². The summed E-state index contributed by atoms with van der Waals surface area (Å²) in [5, 5.41) is 6.06. The Morgan fingerprint density at radius 1 is 0.906 bits per heavy atom. The number of rotatable bonds is 0. The van der Waals surface area contributed by atoms with Gasteiger partial charge in [0.15, 0.2) is 22.9 Å². The molecular formula is C18H20ClN13. The van der Waals surface area contributed by atoms with Gasteiger partial charge in [-0.25, -0.2) is 15.0 Å². The lowest BCUT2D eigenvalue weighted by atomic mass is 10.4. The summed E-state index contributed by atoms with van der Waals surface area (Å²) in [5.74, 6) is 11.1. The second-order valence-corrected chi connectivity index (χ2v) is 5.18. The fourth-order valence-corrected chi connectivity index (χ4v) is 1.79. The van der Waals surface area contributed by atoms with Gasteiger partial charge < -0.3 is 33.5 Å². The molecule has 0 radical (unpaired) electrons. The number of guanidine groups is 1. The summed E-state index contributed by atoms with van der Waals surface area (Å²) in [4.78, 5) is 26.6. The number of fused-ring (bicyclic) bond motifs is 1. The molecule has 0 saturated carbocycles. The van der Waals surface area contributed by atoms with Gasteiger partial charge in [-0.1, -0.05) is 18.4 Å². The minimum absolute atomic E-state index is 0. The van der Waals surface area contributed by atoms with Crippen molar-refractivity contribution in [2.45, 2.75) is 13.8 Å². The molecule has 3 heterocycles. The van der Waals surface area contributed by atoms with Crippen LogP contribution in [0.5, 0.6) is 0 Å². The Hall–Kier alpha value is -4.93. The highest BCUT2D eigenvalue weighted by atomic mass is 35.5. The molecule has 3 aromatic rings. The Kier molecular flexibility index (Phi) is 11.3. The van der Waals surface area contributed by atoms with E-state index in [1.54, 1.807) is 13.8 Å². The third kappa shape index (κ3) is 8.61. The predicted octanol–water partition coefficient (Wildman–Crippen LogP) is 0.197. The molecule has 0 atom stereocenters. The molecule has 3 aromatic heterocycles. The highest BCUT2D eigenvalue weighted by Crippen LogP contribution is 2.15. The van der Waals surface area contributed by atoms with E-state index in [9.17, 15) is 0 Å². The fraction of sp³-hybridized carbons (Fsp3) is 0.111. The van der Waals surface area contributed by atoms with Gasteiger partial charge in [0.1, 0.15) is 11.5 Å². The van der Waals surface area contributed by atoms with Crippen LogP contribution < -0.4 is 28.7 Å². The van der Waals surface area contributed by atoms with Gasteiger partial charge in [-0.2, -0.15) is 9.97 Å². The number of nitrogens with zero attached hydrogens (tertiary/aromatic N) is 7. The fourth-order valence-electron chi connectivity index (χ4n) is 1.79. The van der Waals surface area contributed by atoms with Crippen molar-refractivity contribution < 1.29 is 0 Å². The van der Waals surface area contributed by atoms with Crippen LogP contribution in [0.3, 0.4) is 0 Å². The first-order valence-corrected chi connectivity index (χ1v) is 8.22. The zero-order chi connectivity index (χ0) is 23.4. The molecule has 3 rings (SSSR count). The van der Waals surface area contributed by atoms with Crippen LogP contribution in [0.2, 0.25) is 0 Å². The molecule has 11 N–H and O–H groups in total. The first-order chi connectivity index (χ1) is 14.7. The molecule has 0 aliphatic rings. The Bertz CT molecular complexity index is 1260. The van der Waals surface area contributed by atoms with E-state index in [1.165, 1.54) is 12.4 Å². The maximum Gasteiger partial charge on any atom is 0.313 e. The second-order valence-electron chi connectivity index (χ2n) is 5.18. The molecule has 164 valence electrons. The number of nitrogen functional groups attached to an aromatic ring is 3. The number of anilines is 3. The Balaban J connectivity index is 0.000000511. The number of nitrogens with one attached hydrogen (secondary N) is 1. The SMILES string of the molecule is CC#Cc1cnc2nc(N)nc(N)c2n1.Cl.N=C(N)N.[C-]#[N+]c1nc(C#CC)cnc1N. The number of hydrogen-bond acceptors (Lipinski definition) is 10. The summed E-state index contributed by atoms with van der Waals surface area (Å²) >= 11 is 0. The molecule has 0 bridgehead atoms. The molecule has 0 amide bonds. The van der Waals surface area contributed by atoms with E-state index in [0.717, 1.165) is 0 Å². The molecule has 0 saturated heterocycles. The zero-order valence-corrected chi connectivity index (χ0v) is 17.9. The smallest absolute Gasteiger partial charge is 0.313 e. The average Bonchev–Trinajstić information content (AvgIpc) is 2.70. The van der Waals surface area contributed by atoms with Gasteiger partial charge in [0.05, 0.1) is 12.4 Å². The van der Waals surface area contributed by atoms with E-state index in [1.807, 2.05) is 0 Å². The third-order valence-corrected chi connectivity index (χ3v) is 2.84. The van der Waals surface area contributed by atoms with Crippen LogP contribution in [0.1, 0.15) is 25.2 Å². The Morgan fingerprint density at radius 3 is 1.97 bits per heavy atom. The zero-order valence-electron chi connectivity index (χ0n) is 17.1. The van der Waals surface area contributed by atoms with E-state index in [4.69, 9.17) is 29.2 Å². The van der Waals surface area contributed by atoms with Crippen molar-refractivity contribution in [2.24, 2.45) is 11.5 Å². The van der Waals surface area contributed by atoms with Gasteiger partial charge in [0.2, 0.25) is 11.6 Å². The normalized spacial score (nSPS) is 8.28. The number of nitrogens with two attached hydrogens (primary N) is 5. The number of halogens is 1. The molecule has 0 spiro atoms. The quantitative estimate of drug-likeness (QED) is 0.116. The first-order valence-electron chi connectivity index (χ1n) is 8.22. The Morgan fingerprint density at radius 2 is 1.44 bits per heavy atom. The van der Waals surface area contributed by atoms with Gasteiger partial charge >= 0.3 is 5.82 Å². The van der Waals surface area contributed by atoms with Gasteiger partial charge in [-0.3, -0.25) is 5.41 Å². The van der Waals surface area contributed by atoms with Crippen molar-refractivity contribution in [3.05, 3.63) is 35.2 Å². The van der Waals surface area contributed by atoms with Crippen molar-refractivity contribution in [1.29, 1.82) is 5.41 Å². The van der Waals surface area contributed by atoms with Crippen molar-refractivity contribution in [3.63, 3.8) is 0 Å². The van der Waals surface area contributed by atoms with Crippen molar-refractivity contribution in [2.75, 3.05) is 17.2 Å². The largest absolute Gasteiger partial charge is 0.391 e. The summed E-state index contributed by atoms with van der Waals surface area (Å²) in [6.07, 6.45) is 2.96. The molecule has 0 fully saturated rings. The van der Waals surface area contributed by atoms with E-state index in [2.05, 4.69) is 69.9 Å². The van der Waals surface area contributed by atoms with E-state index in [-0.39, 0.29) is 41.8 Å². The first kappa shape index (κ1) is 27.1. The van der Waals surface area contributed by atoms with Gasteiger partial charge in [0.25, 0.3) is 0 Å². The lowest BCUT2D eigenvalue weighted by Gasteiger charge is -2.00. The van der Waals surface area contributed by atoms with Crippen molar-refractivity contribution >= 4 is 52.9 Å². The number of aromatic nitrogens is 6. The maximum atomic E-state index is 6.71. The molecular weight excluding hydrogens is 434 g/mol. The molecule has 0 unspecified atom stereocenters. The average molecular weight is 454 g/mol. The minimum Gasteiger partial charge on any atom is -0.391 e. The monoisotopic (exact) mass is 453 g/mol. The molecule has 32 heavy (non-hydrogen) atoms. The van der Waals surface area contributed by atoms with Crippen LogP contribution in [0, 0.1) is 35.7 Å². The van der Waals surface area contributed by atoms with Gasteiger partial charge in [-0.05, 0) is 25.7 Å². The summed E-state index contributed by atoms with van der Waals surface area (Å²) in [7, 11) is 0. The van der Waals surface area contributed by atoms with Crippen LogP contribution in [-0.4, -0.2) is 35.9 Å². The van der Waals surface area contributed by atoms with Crippen molar-refractivity contribution in [3.8, 4) is 23.7 Å². The maximum absolute atomic E-state index is 6.71. The summed E-state index contributed by atoms with van der Waals surface area (Å²) in [6.45, 7) is 10.1. The summed E-state index contributed by atoms with van der Waals surface area (Å²) < 4.78 is 0. The standard InChI is InChI=1S/C9H8N6.C8H6N4.CH5N3.ClH/c1-2-3-5-4-12-8-6(13-5)7(10)14-9(11)15-8;1-3-4-6-5-11-7(9)8(10-2)12-6;2-1(3)4;/h4H,1H3,(H4,10,11,12,14,15);5H,1H3,(H2,9,11);(H5,2,3,4);1H. The highest BCUT2D eigenvalue weighted by Gasteiger charge is 2.06. The molecule has 0 aromatic carbocycles. The molecule has 14 heteroatoms. The second kappa shape index (κ2) is 13.3. The van der Waals surface area contributed by atoms with E-state index >= 15 is 0 Å². The summed E-state index contributed by atoms with van der Waals surface area (Å²) in [6, 6.07) is 0.